The summed E-state index contributed by atoms with van der Waals surface area (Å²) in [4.78, 5) is 8.20. The van der Waals surface area contributed by atoms with Crippen LogP contribution in [0, 0.1) is 0 Å². The van der Waals surface area contributed by atoms with Crippen molar-refractivity contribution in [3.8, 4) is 0 Å². The molecular weight excluding hydrogens is 264 g/mol. The Kier molecular flexibility index (Phi) is 2.72. The number of hydrogen-bond donors (Lipinski definition) is 1. The minimum absolute atomic E-state index is 0.646. The molecule has 1 aromatic carbocycles. The Hall–Kier alpha value is -0.830. The molecule has 3 rings (SSSR count). The highest BCUT2D eigenvalue weighted by atomic mass is 79.9. The number of para-hydroxylation sites is 1. The van der Waals surface area contributed by atoms with E-state index in [2.05, 4.69) is 33.0 Å². The van der Waals surface area contributed by atoms with Crippen LogP contribution in [0.3, 0.4) is 0 Å². The summed E-state index contributed by atoms with van der Waals surface area (Å²) < 4.78 is 1.09. The number of imidazole rings is 1. The van der Waals surface area contributed by atoms with E-state index in [-0.39, 0.29) is 0 Å². The maximum Gasteiger partial charge on any atom is 0.110 e. The Morgan fingerprint density at radius 2 is 2.00 bits per heavy atom. The minimum Gasteiger partial charge on any atom is -0.342 e. The Morgan fingerprint density at radius 3 is 2.75 bits per heavy atom. The summed E-state index contributed by atoms with van der Waals surface area (Å²) >= 11 is 3.55. The van der Waals surface area contributed by atoms with Gasteiger partial charge in [-0.05, 0) is 40.9 Å². The number of aromatic amines is 1. The van der Waals surface area contributed by atoms with E-state index in [4.69, 9.17) is 4.98 Å². The molecular formula is C13H15BrN2. The molecule has 1 fully saturated rings. The van der Waals surface area contributed by atoms with Crippen molar-refractivity contribution >= 4 is 27.0 Å². The quantitative estimate of drug-likeness (QED) is 0.824. The van der Waals surface area contributed by atoms with Crippen LogP contribution >= 0.6 is 15.9 Å². The molecule has 0 spiro atoms. The lowest BCUT2D eigenvalue weighted by atomic mass is 9.89. The van der Waals surface area contributed by atoms with Crippen LogP contribution in [0.5, 0.6) is 0 Å². The molecule has 0 atom stereocenters. The van der Waals surface area contributed by atoms with Crippen LogP contribution < -0.4 is 0 Å². The molecule has 1 saturated carbocycles. The van der Waals surface area contributed by atoms with E-state index in [1.54, 1.807) is 0 Å². The van der Waals surface area contributed by atoms with Crippen LogP contribution in [0.25, 0.3) is 11.0 Å². The summed E-state index contributed by atoms with van der Waals surface area (Å²) in [7, 11) is 0. The number of benzene rings is 1. The Balaban J connectivity index is 2.01. The van der Waals surface area contributed by atoms with Gasteiger partial charge in [-0.15, -0.1) is 0 Å². The van der Waals surface area contributed by atoms with Gasteiger partial charge >= 0.3 is 0 Å². The highest BCUT2D eigenvalue weighted by Crippen LogP contribution is 2.33. The van der Waals surface area contributed by atoms with Gasteiger partial charge in [0.25, 0.3) is 0 Å². The first-order valence-electron chi connectivity index (χ1n) is 5.99. The lowest BCUT2D eigenvalue weighted by Crippen LogP contribution is -2.05. The Labute approximate surface area is 104 Å². The molecule has 84 valence electrons. The van der Waals surface area contributed by atoms with Crippen molar-refractivity contribution in [2.45, 2.75) is 38.0 Å². The van der Waals surface area contributed by atoms with Crippen LogP contribution in [0.1, 0.15) is 43.8 Å². The first-order chi connectivity index (χ1) is 7.84. The molecule has 0 amide bonds. The second kappa shape index (κ2) is 4.21. The topological polar surface area (TPSA) is 28.7 Å². The van der Waals surface area contributed by atoms with Crippen molar-refractivity contribution in [1.82, 2.24) is 9.97 Å². The molecule has 0 unspecified atom stereocenters. The van der Waals surface area contributed by atoms with Crippen molar-refractivity contribution in [3.05, 3.63) is 28.5 Å². The lowest BCUT2D eigenvalue weighted by Gasteiger charge is -2.18. The van der Waals surface area contributed by atoms with Gasteiger partial charge in [0, 0.05) is 10.4 Å². The zero-order valence-electron chi connectivity index (χ0n) is 9.17. The fourth-order valence-corrected chi connectivity index (χ4v) is 3.04. The van der Waals surface area contributed by atoms with Gasteiger partial charge in [0.2, 0.25) is 0 Å². The highest BCUT2D eigenvalue weighted by molar-refractivity contribution is 9.10. The van der Waals surface area contributed by atoms with Crippen LogP contribution in [-0.2, 0) is 0 Å². The molecule has 0 bridgehead atoms. The number of H-pyrrole nitrogens is 1. The van der Waals surface area contributed by atoms with Gasteiger partial charge in [0.1, 0.15) is 11.3 Å². The van der Waals surface area contributed by atoms with Gasteiger partial charge in [0.15, 0.2) is 0 Å². The van der Waals surface area contributed by atoms with E-state index in [1.165, 1.54) is 37.9 Å². The van der Waals surface area contributed by atoms with E-state index >= 15 is 0 Å². The molecule has 0 saturated heterocycles. The third-order valence-electron chi connectivity index (χ3n) is 3.47. The normalized spacial score (nSPS) is 18.1. The second-order valence-corrected chi connectivity index (χ2v) is 5.45. The monoisotopic (exact) mass is 278 g/mol. The van der Waals surface area contributed by atoms with Gasteiger partial charge in [-0.2, -0.15) is 0 Å². The van der Waals surface area contributed by atoms with Crippen molar-refractivity contribution < 1.29 is 0 Å². The number of nitrogens with zero attached hydrogens (tertiary/aromatic N) is 1. The zero-order chi connectivity index (χ0) is 11.0. The van der Waals surface area contributed by atoms with Gasteiger partial charge < -0.3 is 4.98 Å². The number of rotatable bonds is 1. The summed E-state index contributed by atoms with van der Waals surface area (Å²) in [6.45, 7) is 0. The largest absolute Gasteiger partial charge is 0.342 e. The standard InChI is InChI=1S/C13H15BrN2/c14-10-7-4-8-11-12(10)16-13(15-11)9-5-2-1-3-6-9/h4,7-9H,1-3,5-6H2,(H,15,16). The summed E-state index contributed by atoms with van der Waals surface area (Å²) in [6.07, 6.45) is 6.67. The molecule has 3 heteroatoms. The van der Waals surface area contributed by atoms with Gasteiger partial charge in [-0.3, -0.25) is 0 Å². The van der Waals surface area contributed by atoms with Crippen LogP contribution in [0.15, 0.2) is 22.7 Å². The fourth-order valence-electron chi connectivity index (χ4n) is 2.59. The smallest absolute Gasteiger partial charge is 0.110 e. The van der Waals surface area contributed by atoms with E-state index in [0.29, 0.717) is 5.92 Å². The fraction of sp³-hybridized carbons (Fsp3) is 0.462. The van der Waals surface area contributed by atoms with Gasteiger partial charge in [0.05, 0.1) is 5.52 Å². The van der Waals surface area contributed by atoms with Crippen molar-refractivity contribution in [3.63, 3.8) is 0 Å². The molecule has 1 aliphatic carbocycles. The van der Waals surface area contributed by atoms with E-state index in [0.717, 1.165) is 15.5 Å². The average Bonchev–Trinajstić information content (AvgIpc) is 2.76. The second-order valence-electron chi connectivity index (χ2n) is 4.59. The number of fused-ring (bicyclic) bond motifs is 1. The minimum atomic E-state index is 0.646. The first-order valence-corrected chi connectivity index (χ1v) is 6.78. The zero-order valence-corrected chi connectivity index (χ0v) is 10.8. The molecule has 16 heavy (non-hydrogen) atoms. The van der Waals surface area contributed by atoms with Crippen molar-refractivity contribution in [1.29, 1.82) is 0 Å². The summed E-state index contributed by atoms with van der Waals surface area (Å²) in [5.41, 5.74) is 2.22. The predicted molar refractivity (Wildman–Crippen MR) is 69.6 cm³/mol. The van der Waals surface area contributed by atoms with Gasteiger partial charge in [-0.25, -0.2) is 4.98 Å². The van der Waals surface area contributed by atoms with Crippen molar-refractivity contribution in [2.24, 2.45) is 0 Å². The molecule has 2 aromatic rings. The van der Waals surface area contributed by atoms with Crippen molar-refractivity contribution in [2.75, 3.05) is 0 Å². The van der Waals surface area contributed by atoms with E-state index in [1.807, 2.05) is 6.07 Å². The maximum atomic E-state index is 4.73. The first kappa shape index (κ1) is 10.3. The summed E-state index contributed by atoms with van der Waals surface area (Å²) in [6, 6.07) is 6.20. The summed E-state index contributed by atoms with van der Waals surface area (Å²) in [5, 5.41) is 0. The average molecular weight is 279 g/mol. The van der Waals surface area contributed by atoms with Crippen LogP contribution in [0.4, 0.5) is 0 Å². The number of aromatic nitrogens is 2. The molecule has 1 N–H and O–H groups in total. The molecule has 1 heterocycles. The van der Waals surface area contributed by atoms with Crippen LogP contribution in [0.2, 0.25) is 0 Å². The lowest BCUT2D eigenvalue weighted by molar-refractivity contribution is 0.431. The number of halogens is 1. The molecule has 1 aromatic heterocycles. The molecule has 1 aliphatic rings. The molecule has 2 nitrogen and oxygen atoms in total. The number of nitrogens with one attached hydrogen (secondary N) is 1. The summed E-state index contributed by atoms with van der Waals surface area (Å²) in [5.74, 6) is 1.83. The SMILES string of the molecule is Brc1cccc2[nH]c(C3CCCCC3)nc12. The van der Waals surface area contributed by atoms with E-state index < -0.39 is 0 Å². The predicted octanol–water partition coefficient (Wildman–Crippen LogP) is 4.37. The van der Waals surface area contributed by atoms with Gasteiger partial charge in [-0.1, -0.05) is 25.3 Å². The highest BCUT2D eigenvalue weighted by Gasteiger charge is 2.19. The third kappa shape index (κ3) is 1.77. The molecule has 0 aliphatic heterocycles. The van der Waals surface area contributed by atoms with Crippen LogP contribution in [-0.4, -0.2) is 9.97 Å². The Bertz CT molecular complexity index is 498. The van der Waals surface area contributed by atoms with E-state index in [9.17, 15) is 0 Å². The third-order valence-corrected chi connectivity index (χ3v) is 4.11. The Morgan fingerprint density at radius 1 is 1.19 bits per heavy atom. The molecule has 0 radical (unpaired) electrons. The maximum absolute atomic E-state index is 4.73. The number of hydrogen-bond acceptors (Lipinski definition) is 1.